The molecule has 12 heavy (non-hydrogen) atoms. The van der Waals surface area contributed by atoms with Crippen LogP contribution >= 0.6 is 0 Å². The largest absolute Gasteiger partial charge is 0.388 e. The van der Waals surface area contributed by atoms with Gasteiger partial charge in [0.25, 0.3) is 0 Å². The van der Waals surface area contributed by atoms with Gasteiger partial charge in [0.05, 0.1) is 0 Å². The maximum absolute atomic E-state index is 13.0. The van der Waals surface area contributed by atoms with Crippen molar-refractivity contribution in [3.05, 3.63) is 35.7 Å². The van der Waals surface area contributed by atoms with Crippen molar-refractivity contribution in [2.75, 3.05) is 12.4 Å². The highest BCUT2D eigenvalue weighted by molar-refractivity contribution is 5.66. The molecule has 0 aliphatic heterocycles. The van der Waals surface area contributed by atoms with Gasteiger partial charge in [0.15, 0.2) is 0 Å². The van der Waals surface area contributed by atoms with Crippen molar-refractivity contribution in [1.29, 1.82) is 0 Å². The molecule has 0 aliphatic rings. The Balaban J connectivity index is 3.28. The van der Waals surface area contributed by atoms with Gasteiger partial charge in [-0.05, 0) is 30.2 Å². The fourth-order valence-corrected chi connectivity index (χ4v) is 1.09. The zero-order valence-corrected chi connectivity index (χ0v) is 7.32. The Hall–Kier alpha value is -1.31. The van der Waals surface area contributed by atoms with Crippen molar-refractivity contribution in [3.8, 4) is 0 Å². The predicted octanol–water partition coefficient (Wildman–Crippen LogP) is 2.82. The Kier molecular flexibility index (Phi) is 2.48. The molecule has 1 aromatic rings. The van der Waals surface area contributed by atoms with Gasteiger partial charge >= 0.3 is 0 Å². The van der Waals surface area contributed by atoms with E-state index in [1.54, 1.807) is 26.1 Å². The van der Waals surface area contributed by atoms with Crippen LogP contribution in [0.15, 0.2) is 18.7 Å². The second-order valence-electron chi connectivity index (χ2n) is 2.64. The van der Waals surface area contributed by atoms with E-state index < -0.39 is 0 Å². The van der Waals surface area contributed by atoms with Crippen LogP contribution in [0.25, 0.3) is 6.08 Å². The molecule has 0 aliphatic carbocycles. The molecule has 1 aromatic carbocycles. The molecule has 0 spiro atoms. The number of hydrogen-bond donors (Lipinski definition) is 1. The Labute approximate surface area is 71.9 Å². The summed E-state index contributed by atoms with van der Waals surface area (Å²) >= 11 is 0. The summed E-state index contributed by atoms with van der Waals surface area (Å²) in [5.74, 6) is -0.190. The first-order valence-corrected chi connectivity index (χ1v) is 3.79. The van der Waals surface area contributed by atoms with Crippen LogP contribution in [0, 0.1) is 12.7 Å². The van der Waals surface area contributed by atoms with Crippen molar-refractivity contribution in [1.82, 2.24) is 0 Å². The van der Waals surface area contributed by atoms with Gasteiger partial charge in [0.2, 0.25) is 0 Å². The standard InChI is InChI=1S/C10H12FN/c1-4-8-5-7(2)9(11)6-10(8)12-3/h4-6,12H,1H2,2-3H3. The molecular formula is C10H12FN. The molecule has 64 valence electrons. The first-order valence-electron chi connectivity index (χ1n) is 3.79. The van der Waals surface area contributed by atoms with E-state index in [1.807, 2.05) is 0 Å². The van der Waals surface area contributed by atoms with E-state index in [2.05, 4.69) is 11.9 Å². The average molecular weight is 165 g/mol. The van der Waals surface area contributed by atoms with Crippen LogP contribution in [-0.2, 0) is 0 Å². The summed E-state index contributed by atoms with van der Waals surface area (Å²) in [5, 5.41) is 2.90. The molecule has 0 amide bonds. The topological polar surface area (TPSA) is 12.0 Å². The molecule has 0 saturated heterocycles. The maximum Gasteiger partial charge on any atom is 0.128 e. The summed E-state index contributed by atoms with van der Waals surface area (Å²) in [6.07, 6.45) is 1.71. The van der Waals surface area contributed by atoms with Gasteiger partial charge in [-0.25, -0.2) is 4.39 Å². The lowest BCUT2D eigenvalue weighted by Crippen LogP contribution is -1.94. The molecule has 1 rings (SSSR count). The zero-order chi connectivity index (χ0) is 9.14. The van der Waals surface area contributed by atoms with E-state index in [0.29, 0.717) is 5.56 Å². The summed E-state index contributed by atoms with van der Waals surface area (Å²) in [5.41, 5.74) is 2.34. The van der Waals surface area contributed by atoms with Gasteiger partial charge in [-0.2, -0.15) is 0 Å². The van der Waals surface area contributed by atoms with Crippen LogP contribution in [-0.4, -0.2) is 7.05 Å². The van der Waals surface area contributed by atoms with Crippen LogP contribution < -0.4 is 5.32 Å². The first-order chi connectivity index (χ1) is 5.69. The number of halogens is 1. The molecule has 0 fully saturated rings. The highest BCUT2D eigenvalue weighted by Crippen LogP contribution is 2.20. The highest BCUT2D eigenvalue weighted by atomic mass is 19.1. The fraction of sp³-hybridized carbons (Fsp3) is 0.200. The maximum atomic E-state index is 13.0. The minimum Gasteiger partial charge on any atom is -0.388 e. The third kappa shape index (κ3) is 1.47. The van der Waals surface area contributed by atoms with E-state index in [9.17, 15) is 4.39 Å². The Morgan fingerprint density at radius 1 is 1.50 bits per heavy atom. The number of hydrogen-bond acceptors (Lipinski definition) is 1. The van der Waals surface area contributed by atoms with E-state index in [0.717, 1.165) is 11.3 Å². The van der Waals surface area contributed by atoms with Gasteiger partial charge in [-0.15, -0.1) is 0 Å². The quantitative estimate of drug-likeness (QED) is 0.710. The number of benzene rings is 1. The minimum atomic E-state index is -0.190. The fourth-order valence-electron chi connectivity index (χ4n) is 1.09. The average Bonchev–Trinajstić information content (AvgIpc) is 2.09. The molecule has 0 heterocycles. The van der Waals surface area contributed by atoms with Crippen LogP contribution in [0.5, 0.6) is 0 Å². The lowest BCUT2D eigenvalue weighted by atomic mass is 10.1. The lowest BCUT2D eigenvalue weighted by Gasteiger charge is -2.06. The van der Waals surface area contributed by atoms with Crippen LogP contribution in [0.3, 0.4) is 0 Å². The van der Waals surface area contributed by atoms with Gasteiger partial charge in [-0.3, -0.25) is 0 Å². The molecule has 1 nitrogen and oxygen atoms in total. The van der Waals surface area contributed by atoms with Gasteiger partial charge in [0, 0.05) is 12.7 Å². The van der Waals surface area contributed by atoms with E-state index in [-0.39, 0.29) is 5.82 Å². The van der Waals surface area contributed by atoms with Gasteiger partial charge < -0.3 is 5.32 Å². The summed E-state index contributed by atoms with van der Waals surface area (Å²) in [6.45, 7) is 5.39. The SMILES string of the molecule is C=Cc1cc(C)c(F)cc1NC. The van der Waals surface area contributed by atoms with Crippen molar-refractivity contribution in [2.45, 2.75) is 6.92 Å². The summed E-state index contributed by atoms with van der Waals surface area (Å²) in [4.78, 5) is 0. The van der Waals surface area contributed by atoms with Crippen molar-refractivity contribution in [3.63, 3.8) is 0 Å². The molecule has 0 atom stereocenters. The monoisotopic (exact) mass is 165 g/mol. The van der Waals surface area contributed by atoms with E-state index in [4.69, 9.17) is 0 Å². The minimum absolute atomic E-state index is 0.190. The van der Waals surface area contributed by atoms with Crippen LogP contribution in [0.1, 0.15) is 11.1 Å². The third-order valence-electron chi connectivity index (χ3n) is 1.82. The molecular weight excluding hydrogens is 153 g/mol. The molecule has 0 aromatic heterocycles. The zero-order valence-electron chi connectivity index (χ0n) is 7.32. The van der Waals surface area contributed by atoms with E-state index in [1.165, 1.54) is 6.07 Å². The molecule has 1 N–H and O–H groups in total. The highest BCUT2D eigenvalue weighted by Gasteiger charge is 2.02. The molecule has 0 radical (unpaired) electrons. The van der Waals surface area contributed by atoms with Gasteiger partial charge in [-0.1, -0.05) is 12.7 Å². The molecule has 0 saturated carbocycles. The number of aryl methyl sites for hydroxylation is 1. The van der Waals surface area contributed by atoms with Crippen molar-refractivity contribution >= 4 is 11.8 Å². The molecule has 2 heteroatoms. The first kappa shape index (κ1) is 8.78. The summed E-state index contributed by atoms with van der Waals surface area (Å²) < 4.78 is 13.0. The van der Waals surface area contributed by atoms with Crippen LogP contribution in [0.2, 0.25) is 0 Å². The number of rotatable bonds is 2. The van der Waals surface area contributed by atoms with E-state index >= 15 is 0 Å². The van der Waals surface area contributed by atoms with Crippen molar-refractivity contribution < 1.29 is 4.39 Å². The molecule has 0 bridgehead atoms. The Morgan fingerprint density at radius 3 is 2.67 bits per heavy atom. The summed E-state index contributed by atoms with van der Waals surface area (Å²) in [7, 11) is 1.76. The third-order valence-corrected chi connectivity index (χ3v) is 1.82. The van der Waals surface area contributed by atoms with Crippen LogP contribution in [0.4, 0.5) is 10.1 Å². The second-order valence-corrected chi connectivity index (χ2v) is 2.64. The Morgan fingerprint density at radius 2 is 2.17 bits per heavy atom. The predicted molar refractivity (Wildman–Crippen MR) is 50.8 cm³/mol. The Bertz CT molecular complexity index is 305. The normalized spacial score (nSPS) is 9.58. The van der Waals surface area contributed by atoms with Gasteiger partial charge in [0.1, 0.15) is 5.82 Å². The smallest absolute Gasteiger partial charge is 0.128 e. The number of nitrogens with one attached hydrogen (secondary N) is 1. The number of anilines is 1. The molecule has 0 unspecified atom stereocenters. The second kappa shape index (κ2) is 3.39. The van der Waals surface area contributed by atoms with Crippen molar-refractivity contribution in [2.24, 2.45) is 0 Å². The summed E-state index contributed by atoms with van der Waals surface area (Å²) in [6, 6.07) is 3.25. The lowest BCUT2D eigenvalue weighted by molar-refractivity contribution is 0.619.